The third-order valence-corrected chi connectivity index (χ3v) is 6.42. The SMILES string of the molecule is CCN(C(=O)c1ccc(Nc2ccccc2C)nc1)C1CCS(=O)(=O)C1. The molecule has 1 amide bonds. The highest BCUT2D eigenvalue weighted by Crippen LogP contribution is 2.21. The van der Waals surface area contributed by atoms with Gasteiger partial charge in [0.1, 0.15) is 5.82 Å². The first-order valence-corrected chi connectivity index (χ1v) is 10.5. The van der Waals surface area contributed by atoms with Gasteiger partial charge in [-0.3, -0.25) is 4.79 Å². The zero-order valence-corrected chi connectivity index (χ0v) is 15.8. The zero-order chi connectivity index (χ0) is 18.7. The van der Waals surface area contributed by atoms with E-state index in [9.17, 15) is 13.2 Å². The van der Waals surface area contributed by atoms with Crippen LogP contribution in [-0.2, 0) is 9.84 Å². The second-order valence-corrected chi connectivity index (χ2v) is 8.75. The van der Waals surface area contributed by atoms with Crippen molar-refractivity contribution in [2.24, 2.45) is 0 Å². The number of nitrogens with zero attached hydrogens (tertiary/aromatic N) is 2. The molecule has 0 radical (unpaired) electrons. The van der Waals surface area contributed by atoms with Gasteiger partial charge in [0.25, 0.3) is 5.91 Å². The predicted octanol–water partition coefficient (Wildman–Crippen LogP) is 2.78. The smallest absolute Gasteiger partial charge is 0.255 e. The van der Waals surface area contributed by atoms with Crippen LogP contribution < -0.4 is 5.32 Å². The molecule has 138 valence electrons. The van der Waals surface area contributed by atoms with Gasteiger partial charge in [0.2, 0.25) is 0 Å². The first-order chi connectivity index (χ1) is 12.4. The molecule has 26 heavy (non-hydrogen) atoms. The van der Waals surface area contributed by atoms with Crippen LogP contribution in [0.3, 0.4) is 0 Å². The van der Waals surface area contributed by atoms with Crippen LogP contribution in [0.25, 0.3) is 0 Å². The molecule has 2 aromatic rings. The Kier molecular flexibility index (Phi) is 5.27. The van der Waals surface area contributed by atoms with E-state index in [1.165, 1.54) is 6.20 Å². The van der Waals surface area contributed by atoms with Crippen molar-refractivity contribution in [3.05, 3.63) is 53.7 Å². The number of aryl methyl sites for hydroxylation is 1. The number of sulfone groups is 1. The van der Waals surface area contributed by atoms with Crippen LogP contribution >= 0.6 is 0 Å². The van der Waals surface area contributed by atoms with Crippen molar-refractivity contribution in [3.8, 4) is 0 Å². The first-order valence-electron chi connectivity index (χ1n) is 8.69. The van der Waals surface area contributed by atoms with Crippen LogP contribution in [0.2, 0.25) is 0 Å². The molecule has 0 aliphatic carbocycles. The number of hydrogen-bond acceptors (Lipinski definition) is 5. The Hall–Kier alpha value is -2.41. The second kappa shape index (κ2) is 7.45. The molecule has 3 rings (SSSR count). The molecule has 1 aliphatic rings. The van der Waals surface area contributed by atoms with Crippen molar-refractivity contribution in [2.75, 3.05) is 23.4 Å². The number of anilines is 2. The topological polar surface area (TPSA) is 79.4 Å². The van der Waals surface area contributed by atoms with E-state index < -0.39 is 9.84 Å². The van der Waals surface area contributed by atoms with E-state index in [1.807, 2.05) is 38.1 Å². The molecule has 6 nitrogen and oxygen atoms in total. The predicted molar refractivity (Wildman–Crippen MR) is 102 cm³/mol. The van der Waals surface area contributed by atoms with Crippen LogP contribution in [0.15, 0.2) is 42.6 Å². The van der Waals surface area contributed by atoms with E-state index in [-0.39, 0.29) is 23.5 Å². The summed E-state index contributed by atoms with van der Waals surface area (Å²) in [6.45, 7) is 4.35. The Morgan fingerprint density at radius 1 is 1.27 bits per heavy atom. The van der Waals surface area contributed by atoms with E-state index >= 15 is 0 Å². The van der Waals surface area contributed by atoms with E-state index in [0.717, 1.165) is 11.3 Å². The van der Waals surface area contributed by atoms with E-state index in [2.05, 4.69) is 10.3 Å². The maximum Gasteiger partial charge on any atom is 0.255 e. The number of pyridine rings is 1. The monoisotopic (exact) mass is 373 g/mol. The Bertz CT molecular complexity index is 895. The third kappa shape index (κ3) is 4.04. The van der Waals surface area contributed by atoms with Crippen LogP contribution in [0.5, 0.6) is 0 Å². The highest BCUT2D eigenvalue weighted by Gasteiger charge is 2.34. The van der Waals surface area contributed by atoms with Crippen molar-refractivity contribution >= 4 is 27.2 Å². The van der Waals surface area contributed by atoms with Crippen molar-refractivity contribution in [1.29, 1.82) is 0 Å². The summed E-state index contributed by atoms with van der Waals surface area (Å²) in [6.07, 6.45) is 2.04. The van der Waals surface area contributed by atoms with Crippen molar-refractivity contribution in [1.82, 2.24) is 9.88 Å². The van der Waals surface area contributed by atoms with Gasteiger partial charge in [0, 0.05) is 24.5 Å². The number of nitrogens with one attached hydrogen (secondary N) is 1. The van der Waals surface area contributed by atoms with Crippen molar-refractivity contribution < 1.29 is 13.2 Å². The van der Waals surface area contributed by atoms with Crippen LogP contribution in [0.4, 0.5) is 11.5 Å². The number of carbonyl (C=O) groups is 1. The number of hydrogen-bond donors (Lipinski definition) is 1. The van der Waals surface area contributed by atoms with Crippen LogP contribution in [0.1, 0.15) is 29.3 Å². The van der Waals surface area contributed by atoms with Gasteiger partial charge in [-0.05, 0) is 44.0 Å². The van der Waals surface area contributed by atoms with Gasteiger partial charge in [-0.15, -0.1) is 0 Å². The number of rotatable bonds is 5. The van der Waals surface area contributed by atoms with Gasteiger partial charge in [-0.1, -0.05) is 18.2 Å². The summed E-state index contributed by atoms with van der Waals surface area (Å²) in [7, 11) is -3.03. The minimum atomic E-state index is -3.03. The fourth-order valence-electron chi connectivity index (χ4n) is 3.20. The molecular formula is C19H23N3O3S. The van der Waals surface area contributed by atoms with Gasteiger partial charge >= 0.3 is 0 Å². The molecule has 1 aromatic carbocycles. The molecular weight excluding hydrogens is 350 g/mol. The van der Waals surface area contributed by atoms with Gasteiger partial charge in [-0.2, -0.15) is 0 Å². The van der Waals surface area contributed by atoms with Gasteiger partial charge in [0.15, 0.2) is 9.84 Å². The molecule has 0 spiro atoms. The average molecular weight is 373 g/mol. The van der Waals surface area contributed by atoms with Crippen molar-refractivity contribution in [3.63, 3.8) is 0 Å². The molecule has 1 saturated heterocycles. The fourth-order valence-corrected chi connectivity index (χ4v) is 4.93. The summed E-state index contributed by atoms with van der Waals surface area (Å²) in [5, 5.41) is 3.23. The van der Waals surface area contributed by atoms with E-state index in [0.29, 0.717) is 24.3 Å². The molecule has 1 atom stereocenters. The highest BCUT2D eigenvalue weighted by molar-refractivity contribution is 7.91. The lowest BCUT2D eigenvalue weighted by Gasteiger charge is -2.26. The molecule has 1 aliphatic heterocycles. The summed E-state index contributed by atoms with van der Waals surface area (Å²) < 4.78 is 23.4. The van der Waals surface area contributed by atoms with E-state index in [4.69, 9.17) is 0 Å². The standard InChI is InChI=1S/C19H23N3O3S/c1-3-22(16-10-11-26(24,25)13-16)19(23)15-8-9-18(20-12-15)21-17-7-5-4-6-14(17)2/h4-9,12,16H,3,10-11,13H2,1-2H3,(H,20,21). The Morgan fingerprint density at radius 2 is 2.04 bits per heavy atom. The van der Waals surface area contributed by atoms with Crippen LogP contribution in [-0.4, -0.2) is 48.3 Å². The first kappa shape index (κ1) is 18.4. The van der Waals surface area contributed by atoms with E-state index in [1.54, 1.807) is 17.0 Å². The number of benzene rings is 1. The number of carbonyl (C=O) groups excluding carboxylic acids is 1. The minimum Gasteiger partial charge on any atom is -0.340 e. The lowest BCUT2D eigenvalue weighted by Crippen LogP contribution is -2.41. The molecule has 2 heterocycles. The third-order valence-electron chi connectivity index (χ3n) is 4.67. The summed E-state index contributed by atoms with van der Waals surface area (Å²) in [5.74, 6) is 0.679. The molecule has 0 saturated carbocycles. The largest absolute Gasteiger partial charge is 0.340 e. The lowest BCUT2D eigenvalue weighted by atomic mass is 10.1. The normalized spacial score (nSPS) is 18.5. The molecule has 1 fully saturated rings. The second-order valence-electron chi connectivity index (χ2n) is 6.52. The molecule has 0 bridgehead atoms. The number of aromatic nitrogens is 1. The molecule has 1 N–H and O–H groups in total. The molecule has 1 unspecified atom stereocenters. The zero-order valence-electron chi connectivity index (χ0n) is 15.0. The molecule has 7 heteroatoms. The van der Waals surface area contributed by atoms with Crippen LogP contribution in [0, 0.1) is 6.92 Å². The summed E-state index contributed by atoms with van der Waals surface area (Å²) in [5.41, 5.74) is 2.53. The molecule has 1 aromatic heterocycles. The van der Waals surface area contributed by atoms with Gasteiger partial charge in [0.05, 0.1) is 17.1 Å². The van der Waals surface area contributed by atoms with Gasteiger partial charge in [-0.25, -0.2) is 13.4 Å². The van der Waals surface area contributed by atoms with Crippen molar-refractivity contribution in [2.45, 2.75) is 26.3 Å². The Labute approximate surface area is 154 Å². The average Bonchev–Trinajstić information content (AvgIpc) is 2.98. The number of amides is 1. The quantitative estimate of drug-likeness (QED) is 0.872. The maximum absolute atomic E-state index is 12.8. The Balaban J connectivity index is 1.73. The fraction of sp³-hybridized carbons (Fsp3) is 0.368. The number of para-hydroxylation sites is 1. The van der Waals surface area contributed by atoms with Gasteiger partial charge < -0.3 is 10.2 Å². The minimum absolute atomic E-state index is 0.0485. The Morgan fingerprint density at radius 3 is 2.62 bits per heavy atom. The lowest BCUT2D eigenvalue weighted by molar-refractivity contribution is 0.0708. The maximum atomic E-state index is 12.8. The summed E-state index contributed by atoms with van der Waals surface area (Å²) in [4.78, 5) is 18.7. The highest BCUT2D eigenvalue weighted by atomic mass is 32.2. The summed E-state index contributed by atoms with van der Waals surface area (Å²) >= 11 is 0. The summed E-state index contributed by atoms with van der Waals surface area (Å²) in [6, 6.07) is 11.1.